The highest BCUT2D eigenvalue weighted by Gasteiger charge is 2.31. The van der Waals surface area contributed by atoms with Gasteiger partial charge < -0.3 is 10.4 Å². The molecule has 100 valence electrons. The maximum absolute atomic E-state index is 11.3. The lowest BCUT2D eigenvalue weighted by Gasteiger charge is -2.27. The molecular formula is C14H17N3O2. The molecule has 19 heavy (non-hydrogen) atoms. The average molecular weight is 259 g/mol. The van der Waals surface area contributed by atoms with Gasteiger partial charge in [0.25, 0.3) is 0 Å². The molecule has 1 aliphatic rings. The Hall–Kier alpha value is -1.88. The highest BCUT2D eigenvalue weighted by molar-refractivity contribution is 5.84. The number of aliphatic hydroxyl groups is 1. The van der Waals surface area contributed by atoms with Crippen LogP contribution in [0.2, 0.25) is 0 Å². The van der Waals surface area contributed by atoms with Crippen LogP contribution in [0.5, 0.6) is 0 Å². The Morgan fingerprint density at radius 3 is 3.00 bits per heavy atom. The monoisotopic (exact) mass is 259 g/mol. The van der Waals surface area contributed by atoms with Crippen LogP contribution in [0.25, 0.3) is 10.9 Å². The van der Waals surface area contributed by atoms with E-state index in [1.54, 1.807) is 0 Å². The van der Waals surface area contributed by atoms with Gasteiger partial charge in [-0.3, -0.25) is 9.48 Å². The lowest BCUT2D eigenvalue weighted by molar-refractivity contribution is -0.127. The van der Waals surface area contributed by atoms with Crippen molar-refractivity contribution in [3.63, 3.8) is 0 Å². The zero-order chi connectivity index (χ0) is 13.6. The van der Waals surface area contributed by atoms with Crippen molar-refractivity contribution in [2.75, 3.05) is 0 Å². The van der Waals surface area contributed by atoms with Crippen LogP contribution in [0, 0.1) is 6.92 Å². The van der Waals surface area contributed by atoms with E-state index in [4.69, 9.17) is 0 Å². The van der Waals surface area contributed by atoms with E-state index in [-0.39, 0.29) is 11.8 Å². The van der Waals surface area contributed by atoms with Crippen molar-refractivity contribution in [1.82, 2.24) is 15.1 Å². The van der Waals surface area contributed by atoms with Gasteiger partial charge in [0.1, 0.15) is 6.23 Å². The van der Waals surface area contributed by atoms with Gasteiger partial charge in [0.05, 0.1) is 11.2 Å². The fraction of sp³-hybridized carbons (Fsp3) is 0.429. The normalized spacial score (nSPS) is 23.6. The standard InChI is InChI=1S/C14H17N3O2/c1-8-3-4-9-11(7-8)17(2)16-13(9)10-5-6-12(18)15-14(10)19/h3-4,7,10,14,19H,5-6H2,1-2H3,(H,15,18). The number of benzene rings is 1. The largest absolute Gasteiger partial charge is 0.373 e. The van der Waals surface area contributed by atoms with Crippen LogP contribution >= 0.6 is 0 Å². The summed E-state index contributed by atoms with van der Waals surface area (Å²) in [7, 11) is 1.90. The predicted molar refractivity (Wildman–Crippen MR) is 71.6 cm³/mol. The Labute approximate surface area is 111 Å². The number of nitrogens with zero attached hydrogens (tertiary/aromatic N) is 2. The number of amides is 1. The van der Waals surface area contributed by atoms with Crippen molar-refractivity contribution in [2.45, 2.75) is 31.9 Å². The van der Waals surface area contributed by atoms with Gasteiger partial charge in [0.15, 0.2) is 0 Å². The van der Waals surface area contributed by atoms with Crippen molar-refractivity contribution in [1.29, 1.82) is 0 Å². The molecule has 1 saturated heterocycles. The third-order valence-corrected chi connectivity index (χ3v) is 3.76. The van der Waals surface area contributed by atoms with Gasteiger partial charge in [0.2, 0.25) is 5.91 Å². The summed E-state index contributed by atoms with van der Waals surface area (Å²) in [4.78, 5) is 11.3. The van der Waals surface area contributed by atoms with Gasteiger partial charge in [-0.25, -0.2) is 0 Å². The Balaban J connectivity index is 2.08. The molecule has 2 unspecified atom stereocenters. The number of rotatable bonds is 1. The van der Waals surface area contributed by atoms with Crippen LogP contribution in [0.3, 0.4) is 0 Å². The molecule has 5 nitrogen and oxygen atoms in total. The van der Waals surface area contributed by atoms with E-state index in [1.807, 2.05) is 30.8 Å². The molecule has 1 fully saturated rings. The molecule has 3 rings (SSSR count). The molecule has 0 aliphatic carbocycles. The van der Waals surface area contributed by atoms with Gasteiger partial charge in [-0.15, -0.1) is 0 Å². The minimum atomic E-state index is -0.847. The molecule has 1 aliphatic heterocycles. The quantitative estimate of drug-likeness (QED) is 0.808. The lowest BCUT2D eigenvalue weighted by atomic mass is 9.91. The van der Waals surface area contributed by atoms with Crippen molar-refractivity contribution in [2.24, 2.45) is 7.05 Å². The third kappa shape index (κ3) is 2.00. The number of aryl methyl sites for hydroxylation is 2. The number of hydrogen-bond acceptors (Lipinski definition) is 3. The van der Waals surface area contributed by atoms with Crippen LogP contribution in [0.4, 0.5) is 0 Å². The summed E-state index contributed by atoms with van der Waals surface area (Å²) in [6.07, 6.45) is 0.221. The van der Waals surface area contributed by atoms with E-state index in [1.165, 1.54) is 5.56 Å². The van der Waals surface area contributed by atoms with Crippen molar-refractivity contribution in [3.8, 4) is 0 Å². The van der Waals surface area contributed by atoms with Crippen LogP contribution in [-0.4, -0.2) is 27.0 Å². The maximum atomic E-state index is 11.3. The molecule has 5 heteroatoms. The Kier molecular flexibility index (Phi) is 2.78. The predicted octanol–water partition coefficient (Wildman–Crippen LogP) is 1.19. The summed E-state index contributed by atoms with van der Waals surface area (Å²) in [5.41, 5.74) is 3.10. The second-order valence-corrected chi connectivity index (χ2v) is 5.19. The van der Waals surface area contributed by atoms with Crippen molar-refractivity contribution >= 4 is 16.8 Å². The van der Waals surface area contributed by atoms with Gasteiger partial charge in [0, 0.05) is 24.8 Å². The first-order valence-electron chi connectivity index (χ1n) is 6.47. The van der Waals surface area contributed by atoms with Crippen LogP contribution < -0.4 is 5.32 Å². The maximum Gasteiger partial charge on any atom is 0.222 e. The highest BCUT2D eigenvalue weighted by atomic mass is 16.3. The topological polar surface area (TPSA) is 67.2 Å². The Morgan fingerprint density at radius 1 is 1.47 bits per heavy atom. The first kappa shape index (κ1) is 12.2. The number of aromatic nitrogens is 2. The van der Waals surface area contributed by atoms with Crippen LogP contribution in [0.15, 0.2) is 18.2 Å². The second-order valence-electron chi connectivity index (χ2n) is 5.19. The number of nitrogens with one attached hydrogen (secondary N) is 1. The van der Waals surface area contributed by atoms with Crippen LogP contribution in [0.1, 0.15) is 30.0 Å². The fourth-order valence-corrected chi connectivity index (χ4v) is 2.74. The number of carbonyl (C=O) groups excluding carboxylic acids is 1. The zero-order valence-corrected chi connectivity index (χ0v) is 11.1. The number of fused-ring (bicyclic) bond motifs is 1. The minimum Gasteiger partial charge on any atom is -0.373 e. The molecular weight excluding hydrogens is 242 g/mol. The molecule has 2 aromatic rings. The van der Waals surface area contributed by atoms with Crippen molar-refractivity contribution in [3.05, 3.63) is 29.5 Å². The SMILES string of the molecule is Cc1ccc2c(C3CCC(=O)NC3O)nn(C)c2c1. The molecule has 2 heterocycles. The molecule has 0 radical (unpaired) electrons. The Bertz CT molecular complexity index is 647. The number of carbonyl (C=O) groups is 1. The minimum absolute atomic E-state index is 0.0974. The van der Waals surface area contributed by atoms with E-state index < -0.39 is 6.23 Å². The summed E-state index contributed by atoms with van der Waals surface area (Å²) in [6.45, 7) is 2.04. The van der Waals surface area contributed by atoms with Crippen molar-refractivity contribution < 1.29 is 9.90 Å². The molecule has 0 bridgehead atoms. The molecule has 0 spiro atoms. The number of hydrogen-bond donors (Lipinski definition) is 2. The second kappa shape index (κ2) is 4.35. The molecule has 0 saturated carbocycles. The molecule has 1 aromatic heterocycles. The van der Waals surface area contributed by atoms with Crippen LogP contribution in [-0.2, 0) is 11.8 Å². The number of piperidine rings is 1. The first-order chi connectivity index (χ1) is 9.06. The van der Waals surface area contributed by atoms with Gasteiger partial charge in [-0.1, -0.05) is 12.1 Å². The van der Waals surface area contributed by atoms with E-state index in [9.17, 15) is 9.90 Å². The van der Waals surface area contributed by atoms with E-state index >= 15 is 0 Å². The van der Waals surface area contributed by atoms with E-state index in [0.29, 0.717) is 12.8 Å². The van der Waals surface area contributed by atoms with E-state index in [2.05, 4.69) is 16.5 Å². The summed E-state index contributed by atoms with van der Waals surface area (Å²) in [5, 5.41) is 18.2. The lowest BCUT2D eigenvalue weighted by Crippen LogP contribution is -2.43. The average Bonchev–Trinajstić information content (AvgIpc) is 2.66. The first-order valence-corrected chi connectivity index (χ1v) is 6.47. The fourth-order valence-electron chi connectivity index (χ4n) is 2.74. The third-order valence-electron chi connectivity index (χ3n) is 3.76. The summed E-state index contributed by atoms with van der Waals surface area (Å²) >= 11 is 0. The van der Waals surface area contributed by atoms with Gasteiger partial charge in [-0.2, -0.15) is 5.10 Å². The summed E-state index contributed by atoms with van der Waals surface area (Å²) in [5.74, 6) is -0.232. The smallest absolute Gasteiger partial charge is 0.222 e. The molecule has 1 aromatic carbocycles. The summed E-state index contributed by atoms with van der Waals surface area (Å²) in [6, 6.07) is 6.16. The molecule has 2 atom stereocenters. The molecule has 1 amide bonds. The highest BCUT2D eigenvalue weighted by Crippen LogP contribution is 2.32. The Morgan fingerprint density at radius 2 is 2.26 bits per heavy atom. The van der Waals surface area contributed by atoms with Gasteiger partial charge >= 0.3 is 0 Å². The summed E-state index contributed by atoms with van der Waals surface area (Å²) < 4.78 is 1.83. The zero-order valence-electron chi connectivity index (χ0n) is 11.1. The number of aliphatic hydroxyl groups excluding tert-OH is 1. The van der Waals surface area contributed by atoms with E-state index in [0.717, 1.165) is 16.6 Å². The van der Waals surface area contributed by atoms with Gasteiger partial charge in [-0.05, 0) is 25.0 Å². The molecule has 2 N–H and O–H groups in total.